The average molecular weight is 437 g/mol. The molecule has 2 N–H and O–H groups in total. The van der Waals surface area contributed by atoms with Gasteiger partial charge in [0.1, 0.15) is 0 Å². The van der Waals surface area contributed by atoms with Crippen LogP contribution in [0.2, 0.25) is 0 Å². The van der Waals surface area contributed by atoms with E-state index in [-0.39, 0.29) is 21.7 Å². The van der Waals surface area contributed by atoms with Crippen molar-refractivity contribution in [2.24, 2.45) is 0 Å². The number of rotatable bonds is 6. The number of nitrogens with one attached hydrogen (secondary N) is 1. The SMILES string of the molecule is COC(=O)c1cccc(S(=O)(=O)Nc2ccc(N3CCSCC3)c(C(=O)O)c2)c1. The number of sulfonamides is 1. The van der Waals surface area contributed by atoms with Crippen molar-refractivity contribution in [3.8, 4) is 0 Å². The number of carboxylic acids is 1. The van der Waals surface area contributed by atoms with Gasteiger partial charge in [-0.15, -0.1) is 0 Å². The van der Waals surface area contributed by atoms with Gasteiger partial charge in [-0.1, -0.05) is 6.07 Å². The molecule has 10 heteroatoms. The molecule has 0 atom stereocenters. The van der Waals surface area contributed by atoms with E-state index in [1.165, 1.54) is 43.5 Å². The van der Waals surface area contributed by atoms with Gasteiger partial charge in [-0.05, 0) is 36.4 Å². The van der Waals surface area contributed by atoms with E-state index in [0.717, 1.165) is 24.6 Å². The summed E-state index contributed by atoms with van der Waals surface area (Å²) in [5.41, 5.74) is 0.815. The van der Waals surface area contributed by atoms with E-state index < -0.39 is 22.0 Å². The Morgan fingerprint density at radius 3 is 2.52 bits per heavy atom. The summed E-state index contributed by atoms with van der Waals surface area (Å²) in [5.74, 6) is 0.0275. The van der Waals surface area contributed by atoms with Gasteiger partial charge < -0.3 is 14.7 Å². The molecule has 1 aliphatic rings. The molecule has 154 valence electrons. The fraction of sp³-hybridized carbons (Fsp3) is 0.263. The minimum Gasteiger partial charge on any atom is -0.478 e. The number of nitrogens with zero attached hydrogens (tertiary/aromatic N) is 1. The number of methoxy groups -OCH3 is 1. The second-order valence-corrected chi connectivity index (χ2v) is 9.17. The van der Waals surface area contributed by atoms with Crippen molar-refractivity contribution < 1.29 is 27.9 Å². The van der Waals surface area contributed by atoms with E-state index in [0.29, 0.717) is 5.69 Å². The molecular weight excluding hydrogens is 416 g/mol. The van der Waals surface area contributed by atoms with Crippen molar-refractivity contribution in [1.29, 1.82) is 0 Å². The summed E-state index contributed by atoms with van der Waals surface area (Å²) in [7, 11) is -2.82. The number of ether oxygens (including phenoxy) is 1. The molecule has 1 aliphatic heterocycles. The van der Waals surface area contributed by atoms with Gasteiger partial charge in [0.2, 0.25) is 0 Å². The maximum atomic E-state index is 12.7. The third-order valence-corrected chi connectivity index (χ3v) is 6.72. The van der Waals surface area contributed by atoms with E-state index in [2.05, 4.69) is 9.46 Å². The van der Waals surface area contributed by atoms with Gasteiger partial charge in [0.05, 0.1) is 28.8 Å². The highest BCUT2D eigenvalue weighted by atomic mass is 32.2. The topological polar surface area (TPSA) is 113 Å². The molecule has 3 rings (SSSR count). The van der Waals surface area contributed by atoms with Crippen LogP contribution in [-0.2, 0) is 14.8 Å². The Bertz CT molecular complexity index is 1030. The molecule has 0 bridgehead atoms. The molecule has 0 radical (unpaired) electrons. The lowest BCUT2D eigenvalue weighted by Gasteiger charge is -2.29. The number of hydrogen-bond acceptors (Lipinski definition) is 7. The van der Waals surface area contributed by atoms with Crippen molar-refractivity contribution in [1.82, 2.24) is 0 Å². The molecule has 0 amide bonds. The van der Waals surface area contributed by atoms with E-state index in [1.807, 2.05) is 16.7 Å². The van der Waals surface area contributed by atoms with Gasteiger partial charge in [0.15, 0.2) is 0 Å². The Hall–Kier alpha value is -2.72. The number of aromatic carboxylic acids is 1. The molecule has 2 aromatic rings. The second-order valence-electron chi connectivity index (χ2n) is 6.26. The third kappa shape index (κ3) is 4.83. The number of thioether (sulfide) groups is 1. The number of carbonyl (C=O) groups excluding carboxylic acids is 1. The number of carboxylic acid groups (broad SMARTS) is 1. The summed E-state index contributed by atoms with van der Waals surface area (Å²) in [6.07, 6.45) is 0. The monoisotopic (exact) mass is 436 g/mol. The predicted octanol–water partition coefficient (Wildman–Crippen LogP) is 2.53. The van der Waals surface area contributed by atoms with Crippen LogP contribution in [0.5, 0.6) is 0 Å². The first-order valence-corrected chi connectivity index (χ1v) is 11.4. The van der Waals surface area contributed by atoms with Gasteiger partial charge in [0, 0.05) is 30.3 Å². The Labute approximate surface area is 172 Å². The van der Waals surface area contributed by atoms with Crippen molar-refractivity contribution in [3.63, 3.8) is 0 Å². The van der Waals surface area contributed by atoms with Crippen molar-refractivity contribution in [2.75, 3.05) is 41.3 Å². The standard InChI is InChI=1S/C19H20N2O6S2/c1-27-19(24)13-3-2-4-15(11-13)29(25,26)20-14-5-6-17(16(12-14)18(22)23)21-7-9-28-10-8-21/h2-6,11-12,20H,7-10H2,1H3,(H,22,23). The zero-order valence-corrected chi connectivity index (χ0v) is 17.3. The molecule has 0 spiro atoms. The Morgan fingerprint density at radius 2 is 1.86 bits per heavy atom. The van der Waals surface area contributed by atoms with Crippen LogP contribution in [0.25, 0.3) is 0 Å². The Kier molecular flexibility index (Phi) is 6.33. The van der Waals surface area contributed by atoms with Crippen LogP contribution >= 0.6 is 11.8 Å². The number of benzene rings is 2. The first kappa shape index (κ1) is 21.0. The van der Waals surface area contributed by atoms with Crippen molar-refractivity contribution in [2.45, 2.75) is 4.90 Å². The first-order valence-electron chi connectivity index (χ1n) is 8.73. The predicted molar refractivity (Wildman–Crippen MR) is 112 cm³/mol. The Morgan fingerprint density at radius 1 is 1.14 bits per heavy atom. The Balaban J connectivity index is 1.90. The molecule has 1 heterocycles. The molecule has 0 aliphatic carbocycles. The number of hydrogen-bond donors (Lipinski definition) is 2. The summed E-state index contributed by atoms with van der Waals surface area (Å²) in [4.78, 5) is 25.2. The van der Waals surface area contributed by atoms with Crippen LogP contribution in [0.1, 0.15) is 20.7 Å². The van der Waals surface area contributed by atoms with E-state index in [1.54, 1.807) is 6.07 Å². The van der Waals surface area contributed by atoms with Crippen LogP contribution in [0.4, 0.5) is 11.4 Å². The second kappa shape index (κ2) is 8.75. The molecule has 0 aromatic heterocycles. The lowest BCUT2D eigenvalue weighted by molar-refractivity contribution is 0.0599. The highest BCUT2D eigenvalue weighted by Crippen LogP contribution is 2.28. The number of carbonyl (C=O) groups is 2. The maximum Gasteiger partial charge on any atom is 0.337 e. The van der Waals surface area contributed by atoms with Gasteiger partial charge in [-0.3, -0.25) is 4.72 Å². The van der Waals surface area contributed by atoms with Crippen molar-refractivity contribution >= 4 is 45.1 Å². The summed E-state index contributed by atoms with van der Waals surface area (Å²) in [6.45, 7) is 1.46. The zero-order valence-electron chi connectivity index (χ0n) is 15.6. The maximum absolute atomic E-state index is 12.7. The van der Waals surface area contributed by atoms with Crippen LogP contribution in [0.3, 0.4) is 0 Å². The van der Waals surface area contributed by atoms with Gasteiger partial charge in [0.25, 0.3) is 10.0 Å². The van der Waals surface area contributed by atoms with Crippen LogP contribution in [0, 0.1) is 0 Å². The normalized spacial score (nSPS) is 14.3. The van der Waals surface area contributed by atoms with Gasteiger partial charge in [-0.2, -0.15) is 11.8 Å². The zero-order chi connectivity index (χ0) is 21.0. The number of esters is 1. The molecule has 1 saturated heterocycles. The molecule has 0 saturated carbocycles. The van der Waals surface area contributed by atoms with E-state index >= 15 is 0 Å². The lowest BCUT2D eigenvalue weighted by Crippen LogP contribution is -2.33. The molecule has 1 fully saturated rings. The minimum atomic E-state index is -4.03. The van der Waals surface area contributed by atoms with E-state index in [9.17, 15) is 23.1 Å². The summed E-state index contributed by atoms with van der Waals surface area (Å²) >= 11 is 1.81. The molecular formula is C19H20N2O6S2. The van der Waals surface area contributed by atoms with Gasteiger partial charge >= 0.3 is 11.9 Å². The molecule has 8 nitrogen and oxygen atoms in total. The fourth-order valence-electron chi connectivity index (χ4n) is 2.97. The van der Waals surface area contributed by atoms with Crippen LogP contribution < -0.4 is 9.62 Å². The molecule has 29 heavy (non-hydrogen) atoms. The number of anilines is 2. The summed E-state index contributed by atoms with van der Waals surface area (Å²) < 4.78 is 32.4. The minimum absolute atomic E-state index is 0.0282. The van der Waals surface area contributed by atoms with Crippen LogP contribution in [0.15, 0.2) is 47.4 Å². The molecule has 0 unspecified atom stereocenters. The van der Waals surface area contributed by atoms with E-state index in [4.69, 9.17) is 0 Å². The third-order valence-electron chi connectivity index (χ3n) is 4.40. The molecule has 2 aromatic carbocycles. The van der Waals surface area contributed by atoms with Crippen molar-refractivity contribution in [3.05, 3.63) is 53.6 Å². The summed E-state index contributed by atoms with van der Waals surface area (Å²) in [5, 5.41) is 9.60. The quantitative estimate of drug-likeness (QED) is 0.664. The highest BCUT2D eigenvalue weighted by Gasteiger charge is 2.21. The largest absolute Gasteiger partial charge is 0.478 e. The smallest absolute Gasteiger partial charge is 0.337 e. The summed E-state index contributed by atoms with van der Waals surface area (Å²) in [6, 6.07) is 9.87. The fourth-order valence-corrected chi connectivity index (χ4v) is 4.97. The highest BCUT2D eigenvalue weighted by molar-refractivity contribution is 7.99. The average Bonchev–Trinajstić information content (AvgIpc) is 2.73. The lowest BCUT2D eigenvalue weighted by atomic mass is 10.1. The van der Waals surface area contributed by atoms with Crippen LogP contribution in [-0.4, -0.2) is 57.2 Å². The van der Waals surface area contributed by atoms with Gasteiger partial charge in [-0.25, -0.2) is 18.0 Å². The first-order chi connectivity index (χ1) is 13.8.